The van der Waals surface area contributed by atoms with Crippen LogP contribution in [0, 0.1) is 0 Å². The molecular formula is C12H18N5O+. The van der Waals surface area contributed by atoms with E-state index in [0.29, 0.717) is 0 Å². The monoisotopic (exact) mass is 248 g/mol. The van der Waals surface area contributed by atoms with Gasteiger partial charge < -0.3 is 19.4 Å². The molecule has 0 saturated heterocycles. The van der Waals surface area contributed by atoms with Crippen LogP contribution in [0.3, 0.4) is 0 Å². The van der Waals surface area contributed by atoms with Crippen molar-refractivity contribution in [3.05, 3.63) is 22.2 Å². The van der Waals surface area contributed by atoms with Gasteiger partial charge in [0.25, 0.3) is 0 Å². The number of quaternary nitrogens is 1. The van der Waals surface area contributed by atoms with Gasteiger partial charge in [-0.05, 0) is 0 Å². The maximum absolute atomic E-state index is 11.7. The van der Waals surface area contributed by atoms with Crippen LogP contribution in [0.5, 0.6) is 0 Å². The highest BCUT2D eigenvalue weighted by molar-refractivity contribution is 5.89. The second kappa shape index (κ2) is 3.84. The molecule has 0 amide bonds. The van der Waals surface area contributed by atoms with E-state index in [1.807, 2.05) is 11.9 Å². The van der Waals surface area contributed by atoms with Crippen molar-refractivity contribution in [3.8, 4) is 0 Å². The molecule has 6 heteroatoms. The average molecular weight is 248 g/mol. The van der Waals surface area contributed by atoms with Crippen LogP contribution in [0.25, 0.3) is 11.0 Å². The van der Waals surface area contributed by atoms with Gasteiger partial charge in [-0.25, -0.2) is 4.79 Å². The highest BCUT2D eigenvalue weighted by atomic mass is 16.1. The number of anilines is 1. The van der Waals surface area contributed by atoms with Gasteiger partial charge in [0.15, 0.2) is 5.82 Å². The average Bonchev–Trinajstić information content (AvgIpc) is 2.62. The molecule has 0 spiro atoms. The predicted octanol–water partition coefficient (Wildman–Crippen LogP) is -1.18. The lowest BCUT2D eigenvalue weighted by Gasteiger charge is -2.24. The largest absolute Gasteiger partial charge is 0.356 e. The molecule has 0 fully saturated rings. The lowest BCUT2D eigenvalue weighted by Crippen LogP contribution is -3.04. The first-order chi connectivity index (χ1) is 8.56. The minimum Gasteiger partial charge on any atom is -0.356 e. The van der Waals surface area contributed by atoms with Crippen LogP contribution >= 0.6 is 0 Å². The number of aromatic nitrogens is 3. The number of hydrogen-bond acceptors (Lipinski definition) is 3. The van der Waals surface area contributed by atoms with Gasteiger partial charge in [-0.3, -0.25) is 0 Å². The van der Waals surface area contributed by atoms with Crippen molar-refractivity contribution in [2.24, 2.45) is 0 Å². The third-order valence-corrected chi connectivity index (χ3v) is 3.39. The molecule has 0 aliphatic carbocycles. The Morgan fingerprint density at radius 3 is 2.94 bits per heavy atom. The quantitative estimate of drug-likeness (QED) is 0.703. The van der Waals surface area contributed by atoms with E-state index in [1.165, 1.54) is 10.5 Å². The SMILES string of the molecule is CN1CCn2cc(C[NH+](C)C)c3[nH]c(=O)nc1c32. The number of hydrogen-bond donors (Lipinski definition) is 2. The van der Waals surface area contributed by atoms with Crippen LogP contribution in [0.2, 0.25) is 0 Å². The van der Waals surface area contributed by atoms with Crippen molar-refractivity contribution in [1.29, 1.82) is 0 Å². The molecule has 2 aromatic rings. The Bertz CT molecular complexity index is 654. The van der Waals surface area contributed by atoms with Crippen molar-refractivity contribution in [2.45, 2.75) is 13.1 Å². The molecule has 1 aliphatic heterocycles. The molecule has 96 valence electrons. The van der Waals surface area contributed by atoms with E-state index in [0.717, 1.165) is 36.5 Å². The van der Waals surface area contributed by atoms with Crippen LogP contribution in [0.15, 0.2) is 11.0 Å². The third kappa shape index (κ3) is 1.60. The van der Waals surface area contributed by atoms with Crippen molar-refractivity contribution in [2.75, 3.05) is 32.6 Å². The summed E-state index contributed by atoms with van der Waals surface area (Å²) in [5, 5.41) is 0. The Kier molecular flexibility index (Phi) is 2.41. The van der Waals surface area contributed by atoms with Crippen LogP contribution in [-0.4, -0.2) is 42.2 Å². The first-order valence-corrected chi connectivity index (χ1v) is 6.18. The van der Waals surface area contributed by atoms with Gasteiger partial charge in [-0.15, -0.1) is 0 Å². The molecule has 2 aromatic heterocycles. The lowest BCUT2D eigenvalue weighted by molar-refractivity contribution is -0.872. The summed E-state index contributed by atoms with van der Waals surface area (Å²) in [4.78, 5) is 22.0. The highest BCUT2D eigenvalue weighted by Gasteiger charge is 2.22. The zero-order chi connectivity index (χ0) is 12.9. The molecule has 0 aromatic carbocycles. The van der Waals surface area contributed by atoms with Crippen LogP contribution in [0.1, 0.15) is 5.56 Å². The fourth-order valence-electron chi connectivity index (χ4n) is 2.60. The Labute approximate surface area is 105 Å². The first kappa shape index (κ1) is 11.3. The van der Waals surface area contributed by atoms with Crippen molar-refractivity contribution in [3.63, 3.8) is 0 Å². The molecule has 18 heavy (non-hydrogen) atoms. The summed E-state index contributed by atoms with van der Waals surface area (Å²) < 4.78 is 2.20. The fraction of sp³-hybridized carbons (Fsp3) is 0.500. The van der Waals surface area contributed by atoms with Gasteiger partial charge in [0.1, 0.15) is 12.1 Å². The van der Waals surface area contributed by atoms with E-state index >= 15 is 0 Å². The molecule has 0 bridgehead atoms. The minimum atomic E-state index is -0.265. The second-order valence-corrected chi connectivity index (χ2v) is 5.24. The predicted molar refractivity (Wildman–Crippen MR) is 70.1 cm³/mol. The molecule has 2 N–H and O–H groups in total. The van der Waals surface area contributed by atoms with E-state index in [9.17, 15) is 4.79 Å². The van der Waals surface area contributed by atoms with Gasteiger partial charge in [0, 0.05) is 31.9 Å². The number of rotatable bonds is 2. The molecule has 6 nitrogen and oxygen atoms in total. The van der Waals surface area contributed by atoms with Gasteiger partial charge in [-0.2, -0.15) is 4.98 Å². The van der Waals surface area contributed by atoms with Gasteiger partial charge in [-0.1, -0.05) is 0 Å². The summed E-state index contributed by atoms with van der Waals surface area (Å²) in [7, 11) is 6.19. The van der Waals surface area contributed by atoms with Crippen molar-refractivity contribution in [1.82, 2.24) is 14.5 Å². The van der Waals surface area contributed by atoms with Crippen LogP contribution in [-0.2, 0) is 13.1 Å². The summed E-state index contributed by atoms with van der Waals surface area (Å²) in [6.07, 6.45) is 2.14. The van der Waals surface area contributed by atoms with Gasteiger partial charge in [0.05, 0.1) is 19.6 Å². The molecule has 3 heterocycles. The Morgan fingerprint density at radius 1 is 1.44 bits per heavy atom. The number of likely N-dealkylation sites (N-methyl/N-ethyl adjacent to an activating group) is 1. The fourth-order valence-corrected chi connectivity index (χ4v) is 2.60. The van der Waals surface area contributed by atoms with Gasteiger partial charge >= 0.3 is 5.69 Å². The molecule has 0 unspecified atom stereocenters. The summed E-state index contributed by atoms with van der Waals surface area (Å²) in [5.74, 6) is 0.792. The van der Waals surface area contributed by atoms with Crippen molar-refractivity contribution >= 4 is 16.9 Å². The van der Waals surface area contributed by atoms with E-state index in [1.54, 1.807) is 0 Å². The Hall–Kier alpha value is -1.82. The molecule has 0 atom stereocenters. The summed E-state index contributed by atoms with van der Waals surface area (Å²) in [6.45, 7) is 2.73. The van der Waals surface area contributed by atoms with Gasteiger partial charge in [0.2, 0.25) is 0 Å². The summed E-state index contributed by atoms with van der Waals surface area (Å²) >= 11 is 0. The standard InChI is InChI=1S/C12H17N5O/c1-15(2)6-8-7-17-5-4-16(3)11-10(17)9(8)13-12(18)14-11/h7H,4-6H2,1-3H3,(H,13,14,18)/p+1. The second-order valence-electron chi connectivity index (χ2n) is 5.24. The number of nitrogens with zero attached hydrogens (tertiary/aromatic N) is 3. The Morgan fingerprint density at radius 2 is 2.22 bits per heavy atom. The number of H-pyrrole nitrogens is 1. The number of aromatic amines is 1. The smallest absolute Gasteiger partial charge is 0.347 e. The van der Waals surface area contributed by atoms with Crippen LogP contribution < -0.4 is 15.5 Å². The molecular weight excluding hydrogens is 230 g/mol. The van der Waals surface area contributed by atoms with E-state index in [4.69, 9.17) is 0 Å². The Balaban J connectivity index is 2.30. The molecule has 1 aliphatic rings. The highest BCUT2D eigenvalue weighted by Crippen LogP contribution is 2.28. The number of nitrogens with one attached hydrogen (secondary N) is 2. The molecule has 3 rings (SSSR count). The van der Waals surface area contributed by atoms with E-state index in [2.05, 4.69) is 34.8 Å². The summed E-state index contributed by atoms with van der Waals surface area (Å²) in [5.41, 5.74) is 2.91. The third-order valence-electron chi connectivity index (χ3n) is 3.39. The maximum atomic E-state index is 11.7. The van der Waals surface area contributed by atoms with E-state index < -0.39 is 0 Å². The van der Waals surface area contributed by atoms with Crippen LogP contribution in [0.4, 0.5) is 5.82 Å². The van der Waals surface area contributed by atoms with E-state index in [-0.39, 0.29) is 5.69 Å². The summed E-state index contributed by atoms with van der Waals surface area (Å²) in [6, 6.07) is 0. The lowest BCUT2D eigenvalue weighted by atomic mass is 10.2. The maximum Gasteiger partial charge on any atom is 0.347 e. The zero-order valence-electron chi connectivity index (χ0n) is 10.9. The zero-order valence-corrected chi connectivity index (χ0v) is 10.9. The molecule has 0 radical (unpaired) electrons. The van der Waals surface area contributed by atoms with Crippen molar-refractivity contribution < 1.29 is 4.90 Å². The molecule has 0 saturated carbocycles. The first-order valence-electron chi connectivity index (χ1n) is 6.18. The normalized spacial score (nSPS) is 14.8. The topological polar surface area (TPSA) is 58.4 Å². The minimum absolute atomic E-state index is 0.265.